The van der Waals surface area contributed by atoms with Gasteiger partial charge >= 0.3 is 0 Å². The molecular formula is C8H4BrClO2S. The highest BCUT2D eigenvalue weighted by molar-refractivity contribution is 9.10. The minimum Gasteiger partial charge on any atom is -0.276 e. The van der Waals surface area contributed by atoms with Gasteiger partial charge in [0, 0.05) is 9.37 Å². The summed E-state index contributed by atoms with van der Waals surface area (Å²) >= 11 is 9.06. The predicted molar refractivity (Wildman–Crippen MR) is 55.9 cm³/mol. The molecule has 68 valence electrons. The second-order valence-electron chi connectivity index (χ2n) is 2.12. The molecule has 0 unspecified atom stereocenters. The van der Waals surface area contributed by atoms with Crippen molar-refractivity contribution in [3.8, 4) is 0 Å². The highest BCUT2D eigenvalue weighted by atomic mass is 79.9. The molecular weight excluding hydrogens is 276 g/mol. The summed E-state index contributed by atoms with van der Waals surface area (Å²) < 4.78 is 0.918. The van der Waals surface area contributed by atoms with Crippen LogP contribution in [-0.4, -0.2) is 10.4 Å². The van der Waals surface area contributed by atoms with Crippen molar-refractivity contribution in [1.82, 2.24) is 0 Å². The van der Waals surface area contributed by atoms with Crippen LogP contribution in [-0.2, 0) is 9.59 Å². The molecule has 0 aromatic heterocycles. The summed E-state index contributed by atoms with van der Waals surface area (Å²) in [4.78, 5) is 22.0. The molecule has 0 amide bonds. The third-order valence-corrected chi connectivity index (χ3v) is 2.88. The van der Waals surface area contributed by atoms with Gasteiger partial charge in [0.2, 0.25) is 0 Å². The van der Waals surface area contributed by atoms with Crippen molar-refractivity contribution in [2.24, 2.45) is 0 Å². The molecule has 0 atom stereocenters. The smallest absolute Gasteiger partial charge is 0.276 e. The molecule has 0 fully saturated rings. The van der Waals surface area contributed by atoms with Gasteiger partial charge in [0.15, 0.2) is 0 Å². The van der Waals surface area contributed by atoms with Crippen LogP contribution in [0.4, 0.5) is 0 Å². The van der Waals surface area contributed by atoms with Crippen molar-refractivity contribution >= 4 is 49.7 Å². The summed E-state index contributed by atoms with van der Waals surface area (Å²) in [6.45, 7) is 0. The van der Waals surface area contributed by atoms with Crippen LogP contribution >= 0.6 is 39.3 Å². The van der Waals surface area contributed by atoms with Crippen molar-refractivity contribution in [2.75, 3.05) is 0 Å². The molecule has 0 radical (unpaired) electrons. The monoisotopic (exact) mass is 278 g/mol. The topological polar surface area (TPSA) is 34.1 Å². The Kier molecular flexibility index (Phi) is 3.96. The van der Waals surface area contributed by atoms with Gasteiger partial charge in [-0.3, -0.25) is 9.59 Å². The van der Waals surface area contributed by atoms with Gasteiger partial charge in [-0.1, -0.05) is 15.9 Å². The Labute approximate surface area is 92.8 Å². The number of rotatable bonds is 2. The zero-order chi connectivity index (χ0) is 9.84. The fraction of sp³-hybridized carbons (Fsp3) is 0. The van der Waals surface area contributed by atoms with E-state index in [1.807, 2.05) is 0 Å². The Bertz CT molecular complexity index is 337. The van der Waals surface area contributed by atoms with Gasteiger partial charge in [-0.25, -0.2) is 0 Å². The standard InChI is InChI=1S/C8H4BrClO2S/c9-5-1-3-6(4-2-5)13-8(12)7(10)11/h1-4H. The zero-order valence-corrected chi connectivity index (χ0v) is 9.45. The normalized spacial score (nSPS) is 9.69. The summed E-state index contributed by atoms with van der Waals surface area (Å²) in [7, 11) is 0. The van der Waals surface area contributed by atoms with E-state index in [9.17, 15) is 9.59 Å². The average Bonchev–Trinajstić information content (AvgIpc) is 2.08. The molecule has 0 aliphatic rings. The Morgan fingerprint density at radius 3 is 2.23 bits per heavy atom. The van der Waals surface area contributed by atoms with Crippen LogP contribution in [0.3, 0.4) is 0 Å². The number of hydrogen-bond donors (Lipinski definition) is 0. The van der Waals surface area contributed by atoms with E-state index < -0.39 is 10.4 Å². The number of carbonyl (C=O) groups excluding carboxylic acids is 2. The first-order chi connectivity index (χ1) is 6.09. The van der Waals surface area contributed by atoms with E-state index in [4.69, 9.17) is 11.6 Å². The van der Waals surface area contributed by atoms with Crippen LogP contribution in [0.2, 0.25) is 0 Å². The first-order valence-corrected chi connectivity index (χ1v) is 5.25. The predicted octanol–water partition coefficient (Wildman–Crippen LogP) is 2.83. The molecule has 1 aromatic carbocycles. The van der Waals surface area contributed by atoms with Crippen LogP contribution in [0.15, 0.2) is 33.6 Å². The van der Waals surface area contributed by atoms with E-state index >= 15 is 0 Å². The first kappa shape index (κ1) is 10.8. The Hall–Kier alpha value is -0.320. The second kappa shape index (κ2) is 4.79. The first-order valence-electron chi connectivity index (χ1n) is 3.27. The molecule has 1 rings (SSSR count). The molecule has 0 heterocycles. The molecule has 13 heavy (non-hydrogen) atoms. The van der Waals surface area contributed by atoms with Crippen molar-refractivity contribution in [3.05, 3.63) is 28.7 Å². The van der Waals surface area contributed by atoms with Gasteiger partial charge in [-0.15, -0.1) is 0 Å². The van der Waals surface area contributed by atoms with Gasteiger partial charge in [0.05, 0.1) is 0 Å². The molecule has 0 spiro atoms. The second-order valence-corrected chi connectivity index (χ2v) is 4.42. The quantitative estimate of drug-likeness (QED) is 0.474. The molecule has 0 saturated heterocycles. The molecule has 2 nitrogen and oxygen atoms in total. The molecule has 1 aromatic rings. The fourth-order valence-corrected chi connectivity index (χ4v) is 1.60. The summed E-state index contributed by atoms with van der Waals surface area (Å²) in [5, 5.41) is -1.61. The summed E-state index contributed by atoms with van der Waals surface area (Å²) in [5.41, 5.74) is 0. The lowest BCUT2D eigenvalue weighted by molar-refractivity contribution is -0.126. The summed E-state index contributed by atoms with van der Waals surface area (Å²) in [5.74, 6) is 0. The maximum Gasteiger partial charge on any atom is 0.299 e. The van der Waals surface area contributed by atoms with Gasteiger partial charge < -0.3 is 0 Å². The summed E-state index contributed by atoms with van der Waals surface area (Å²) in [6.07, 6.45) is 0. The lowest BCUT2D eigenvalue weighted by Crippen LogP contribution is -2.00. The maximum absolute atomic E-state index is 10.9. The molecule has 0 aliphatic carbocycles. The van der Waals surface area contributed by atoms with E-state index in [2.05, 4.69) is 15.9 Å². The Morgan fingerprint density at radius 2 is 1.77 bits per heavy atom. The number of carbonyl (C=O) groups is 2. The number of benzene rings is 1. The van der Waals surface area contributed by atoms with Crippen molar-refractivity contribution < 1.29 is 9.59 Å². The van der Waals surface area contributed by atoms with Gasteiger partial charge in [0.1, 0.15) is 0 Å². The van der Waals surface area contributed by atoms with Crippen molar-refractivity contribution in [2.45, 2.75) is 4.90 Å². The van der Waals surface area contributed by atoms with Gasteiger partial charge in [0.25, 0.3) is 10.4 Å². The van der Waals surface area contributed by atoms with Crippen LogP contribution in [0.5, 0.6) is 0 Å². The third-order valence-electron chi connectivity index (χ3n) is 1.18. The number of thioether (sulfide) groups is 1. The number of hydrogen-bond acceptors (Lipinski definition) is 3. The largest absolute Gasteiger partial charge is 0.299 e. The Morgan fingerprint density at radius 1 is 1.23 bits per heavy atom. The van der Waals surface area contributed by atoms with Gasteiger partial charge in [-0.05, 0) is 47.6 Å². The fourth-order valence-electron chi connectivity index (χ4n) is 0.650. The maximum atomic E-state index is 10.9. The van der Waals surface area contributed by atoms with Crippen LogP contribution in [0, 0.1) is 0 Å². The SMILES string of the molecule is O=C(Cl)C(=O)Sc1ccc(Br)cc1. The van der Waals surface area contributed by atoms with Gasteiger partial charge in [-0.2, -0.15) is 0 Å². The van der Waals surface area contributed by atoms with E-state index in [1.54, 1.807) is 24.3 Å². The summed E-state index contributed by atoms with van der Waals surface area (Å²) in [6, 6.07) is 7.03. The van der Waals surface area contributed by atoms with Crippen molar-refractivity contribution in [1.29, 1.82) is 0 Å². The number of halogens is 2. The molecule has 0 bridgehead atoms. The molecule has 0 saturated carbocycles. The lowest BCUT2D eigenvalue weighted by atomic mass is 10.4. The minimum absolute atomic E-state index is 0.663. The molecule has 5 heteroatoms. The van der Waals surface area contributed by atoms with Crippen LogP contribution < -0.4 is 0 Å². The van der Waals surface area contributed by atoms with E-state index in [-0.39, 0.29) is 0 Å². The highest BCUT2D eigenvalue weighted by Crippen LogP contribution is 2.21. The average molecular weight is 280 g/mol. The van der Waals surface area contributed by atoms with E-state index in [1.165, 1.54) is 0 Å². The highest BCUT2D eigenvalue weighted by Gasteiger charge is 2.11. The van der Waals surface area contributed by atoms with Crippen LogP contribution in [0.1, 0.15) is 0 Å². The molecule has 0 N–H and O–H groups in total. The van der Waals surface area contributed by atoms with E-state index in [0.29, 0.717) is 4.90 Å². The molecule has 0 aliphatic heterocycles. The lowest BCUT2D eigenvalue weighted by Gasteiger charge is -1.96. The van der Waals surface area contributed by atoms with Crippen molar-refractivity contribution in [3.63, 3.8) is 0 Å². The minimum atomic E-state index is -0.951. The zero-order valence-electron chi connectivity index (χ0n) is 6.29. The third kappa shape index (κ3) is 3.50. The van der Waals surface area contributed by atoms with Crippen LogP contribution in [0.25, 0.3) is 0 Å². The van der Waals surface area contributed by atoms with E-state index in [0.717, 1.165) is 16.2 Å². The Balaban J connectivity index is 2.70.